The number of carbonyl (C=O) groups is 1. The molecule has 0 radical (unpaired) electrons. The third-order valence-electron chi connectivity index (χ3n) is 3.90. The van der Waals surface area contributed by atoms with Crippen LogP contribution in [0.1, 0.15) is 23.5 Å². The molecule has 1 heterocycles. The van der Waals surface area contributed by atoms with E-state index in [1.54, 1.807) is 14.2 Å². The Kier molecular flexibility index (Phi) is 4.28. The van der Waals surface area contributed by atoms with Gasteiger partial charge in [-0.3, -0.25) is 4.79 Å². The van der Waals surface area contributed by atoms with Crippen molar-refractivity contribution in [2.75, 3.05) is 14.2 Å². The van der Waals surface area contributed by atoms with Crippen molar-refractivity contribution >= 4 is 11.6 Å². The molecule has 2 aromatic rings. The lowest BCUT2D eigenvalue weighted by molar-refractivity contribution is -0.121. The Morgan fingerprint density at radius 3 is 2.70 bits per heavy atom. The Balaban J connectivity index is 2.07. The second-order valence-electron chi connectivity index (χ2n) is 5.26. The number of hydrazone groups is 1. The molecule has 1 aliphatic rings. The zero-order valence-corrected chi connectivity index (χ0v) is 13.1. The largest absolute Gasteiger partial charge is 0.497 e. The highest BCUT2D eigenvalue weighted by Crippen LogP contribution is 2.34. The molecule has 23 heavy (non-hydrogen) atoms. The van der Waals surface area contributed by atoms with E-state index >= 15 is 0 Å². The highest BCUT2D eigenvalue weighted by molar-refractivity contribution is 6.09. The lowest BCUT2D eigenvalue weighted by atomic mass is 9.85. The van der Waals surface area contributed by atoms with Crippen molar-refractivity contribution in [1.82, 2.24) is 5.43 Å². The highest BCUT2D eigenvalue weighted by Gasteiger charge is 2.29. The van der Waals surface area contributed by atoms with E-state index in [1.165, 1.54) is 0 Å². The van der Waals surface area contributed by atoms with Crippen LogP contribution in [0.2, 0.25) is 0 Å². The van der Waals surface area contributed by atoms with Gasteiger partial charge in [-0.25, -0.2) is 5.43 Å². The van der Waals surface area contributed by atoms with Crippen molar-refractivity contribution in [3.63, 3.8) is 0 Å². The van der Waals surface area contributed by atoms with E-state index in [0.29, 0.717) is 6.42 Å². The molecule has 0 spiro atoms. The van der Waals surface area contributed by atoms with Crippen LogP contribution >= 0.6 is 0 Å². The Hall–Kier alpha value is -2.82. The number of methoxy groups -OCH3 is 2. The summed E-state index contributed by atoms with van der Waals surface area (Å²) in [5.41, 5.74) is 5.24. The average molecular weight is 310 g/mol. The molecule has 5 nitrogen and oxygen atoms in total. The Labute approximate surface area is 134 Å². The van der Waals surface area contributed by atoms with Crippen molar-refractivity contribution in [3.05, 3.63) is 59.7 Å². The van der Waals surface area contributed by atoms with Gasteiger partial charge >= 0.3 is 0 Å². The Morgan fingerprint density at radius 1 is 1.09 bits per heavy atom. The molecule has 1 aliphatic heterocycles. The van der Waals surface area contributed by atoms with Gasteiger partial charge in [0.05, 0.1) is 19.9 Å². The van der Waals surface area contributed by atoms with Gasteiger partial charge < -0.3 is 9.47 Å². The first kappa shape index (κ1) is 15.1. The van der Waals surface area contributed by atoms with Gasteiger partial charge in [-0.2, -0.15) is 5.10 Å². The quantitative estimate of drug-likeness (QED) is 0.944. The molecule has 0 aromatic heterocycles. The standard InChI is InChI=1S/C18H18N2O3/c1-22-13-7-5-6-12(10-13)18-15(11-17(21)19-20-18)14-8-3-4-9-16(14)23-2/h3-10,15H,11H2,1-2H3,(H,19,21). The van der Waals surface area contributed by atoms with Crippen LogP contribution in [0.25, 0.3) is 0 Å². The predicted molar refractivity (Wildman–Crippen MR) is 88.0 cm³/mol. The lowest BCUT2D eigenvalue weighted by Gasteiger charge is -2.25. The van der Waals surface area contributed by atoms with Crippen LogP contribution in [0, 0.1) is 0 Å². The lowest BCUT2D eigenvalue weighted by Crippen LogP contribution is -2.32. The summed E-state index contributed by atoms with van der Waals surface area (Å²) in [6.45, 7) is 0. The molecule has 0 aliphatic carbocycles. The number of carbonyl (C=O) groups excluding carboxylic acids is 1. The number of nitrogens with one attached hydrogen (secondary N) is 1. The van der Waals surface area contributed by atoms with Crippen molar-refractivity contribution in [1.29, 1.82) is 0 Å². The van der Waals surface area contributed by atoms with Crippen LogP contribution in [-0.4, -0.2) is 25.8 Å². The third kappa shape index (κ3) is 3.04. The van der Waals surface area contributed by atoms with E-state index < -0.39 is 0 Å². The molecular weight excluding hydrogens is 292 g/mol. The highest BCUT2D eigenvalue weighted by atomic mass is 16.5. The first-order chi connectivity index (χ1) is 11.2. The summed E-state index contributed by atoms with van der Waals surface area (Å²) in [6, 6.07) is 15.4. The number of hydrogen-bond acceptors (Lipinski definition) is 4. The smallest absolute Gasteiger partial charge is 0.241 e. The van der Waals surface area contributed by atoms with Crippen molar-refractivity contribution in [3.8, 4) is 11.5 Å². The second-order valence-corrected chi connectivity index (χ2v) is 5.26. The van der Waals surface area contributed by atoms with Gasteiger partial charge in [0.15, 0.2) is 0 Å². The molecule has 3 rings (SSSR count). The van der Waals surface area contributed by atoms with Crippen LogP contribution in [0.4, 0.5) is 0 Å². The van der Waals surface area contributed by atoms with Gasteiger partial charge in [-0.1, -0.05) is 30.3 Å². The normalized spacial score (nSPS) is 17.2. The molecule has 0 bridgehead atoms. The van der Waals surface area contributed by atoms with E-state index in [-0.39, 0.29) is 11.8 Å². The fraction of sp³-hybridized carbons (Fsp3) is 0.222. The van der Waals surface area contributed by atoms with Crippen LogP contribution in [0.15, 0.2) is 53.6 Å². The number of para-hydroxylation sites is 1. The number of ether oxygens (including phenoxy) is 2. The van der Waals surface area contributed by atoms with Crippen LogP contribution in [0.5, 0.6) is 11.5 Å². The fourth-order valence-electron chi connectivity index (χ4n) is 2.79. The molecular formula is C18H18N2O3. The van der Waals surface area contributed by atoms with Crippen LogP contribution in [-0.2, 0) is 4.79 Å². The maximum absolute atomic E-state index is 11.9. The van der Waals surface area contributed by atoms with E-state index in [1.807, 2.05) is 48.5 Å². The van der Waals surface area contributed by atoms with Gasteiger partial charge in [0.25, 0.3) is 0 Å². The fourth-order valence-corrected chi connectivity index (χ4v) is 2.79. The van der Waals surface area contributed by atoms with E-state index in [4.69, 9.17) is 9.47 Å². The molecule has 1 N–H and O–H groups in total. The summed E-state index contributed by atoms with van der Waals surface area (Å²) in [6.07, 6.45) is 0.330. The average Bonchev–Trinajstić information content (AvgIpc) is 2.61. The zero-order valence-electron chi connectivity index (χ0n) is 13.1. The van der Waals surface area contributed by atoms with Crippen LogP contribution < -0.4 is 14.9 Å². The van der Waals surface area contributed by atoms with Gasteiger partial charge in [0.1, 0.15) is 11.5 Å². The minimum atomic E-state index is -0.160. The monoisotopic (exact) mass is 310 g/mol. The molecule has 2 aromatic carbocycles. The summed E-state index contributed by atoms with van der Waals surface area (Å²) in [5, 5.41) is 4.30. The second kappa shape index (κ2) is 6.52. The summed E-state index contributed by atoms with van der Waals surface area (Å²) in [5.74, 6) is 1.24. The van der Waals surface area contributed by atoms with Gasteiger partial charge in [-0.15, -0.1) is 0 Å². The molecule has 5 heteroatoms. The molecule has 0 fully saturated rings. The summed E-state index contributed by atoms with van der Waals surface area (Å²) >= 11 is 0. The zero-order chi connectivity index (χ0) is 16.2. The molecule has 1 atom stereocenters. The van der Waals surface area contributed by atoms with E-state index in [2.05, 4.69) is 10.5 Å². The van der Waals surface area contributed by atoms with Crippen molar-refractivity contribution in [2.45, 2.75) is 12.3 Å². The summed E-state index contributed by atoms with van der Waals surface area (Å²) in [4.78, 5) is 11.9. The SMILES string of the molecule is COc1cccc(C2=NNC(=O)CC2c2ccccc2OC)c1. The molecule has 0 saturated carbocycles. The van der Waals surface area contributed by atoms with Crippen molar-refractivity contribution in [2.24, 2.45) is 5.10 Å². The molecule has 1 unspecified atom stereocenters. The minimum Gasteiger partial charge on any atom is -0.497 e. The number of rotatable bonds is 4. The Bertz CT molecular complexity index is 755. The number of nitrogens with zero attached hydrogens (tertiary/aromatic N) is 1. The van der Waals surface area contributed by atoms with Gasteiger partial charge in [-0.05, 0) is 18.2 Å². The first-order valence-electron chi connectivity index (χ1n) is 7.36. The van der Waals surface area contributed by atoms with Gasteiger partial charge in [0, 0.05) is 23.5 Å². The molecule has 118 valence electrons. The molecule has 1 amide bonds. The van der Waals surface area contributed by atoms with Crippen molar-refractivity contribution < 1.29 is 14.3 Å². The topological polar surface area (TPSA) is 59.9 Å². The minimum absolute atomic E-state index is 0.104. The van der Waals surface area contributed by atoms with Crippen LogP contribution in [0.3, 0.4) is 0 Å². The van der Waals surface area contributed by atoms with E-state index in [0.717, 1.165) is 28.3 Å². The number of amides is 1. The van der Waals surface area contributed by atoms with E-state index in [9.17, 15) is 4.79 Å². The predicted octanol–water partition coefficient (Wildman–Crippen LogP) is 2.71. The summed E-state index contributed by atoms with van der Waals surface area (Å²) < 4.78 is 10.7. The maximum atomic E-state index is 11.9. The first-order valence-corrected chi connectivity index (χ1v) is 7.36. The molecule has 0 saturated heterocycles. The summed E-state index contributed by atoms with van der Waals surface area (Å²) in [7, 11) is 3.26. The number of benzene rings is 2. The van der Waals surface area contributed by atoms with Gasteiger partial charge in [0.2, 0.25) is 5.91 Å². The Morgan fingerprint density at radius 2 is 1.91 bits per heavy atom. The number of hydrogen-bond donors (Lipinski definition) is 1. The maximum Gasteiger partial charge on any atom is 0.241 e. The third-order valence-corrected chi connectivity index (χ3v) is 3.90.